The smallest absolute Gasteiger partial charge is 0.250 e. The van der Waals surface area contributed by atoms with Crippen molar-refractivity contribution in [3.8, 4) is 0 Å². The van der Waals surface area contributed by atoms with E-state index < -0.39 is 35.1 Å². The zero-order valence-corrected chi connectivity index (χ0v) is 25.3. The SMILES string of the molecule is CC[C@@H](CO)N1C(=O)[C@@H]2[C@@H](C(=O)NCc3ccccc3)[C@]3(C)OC2(CC3C)C1C(=O)Nc1ccc(N(CC)CC)cc1. The highest BCUT2D eigenvalue weighted by Crippen LogP contribution is 2.65. The van der Waals surface area contributed by atoms with Crippen LogP contribution in [0.1, 0.15) is 53.0 Å². The van der Waals surface area contributed by atoms with Crippen LogP contribution in [0.15, 0.2) is 54.6 Å². The minimum atomic E-state index is -1.17. The van der Waals surface area contributed by atoms with Gasteiger partial charge in [0.1, 0.15) is 11.6 Å². The molecule has 42 heavy (non-hydrogen) atoms. The predicted octanol–water partition coefficient (Wildman–Crippen LogP) is 3.57. The average Bonchev–Trinajstić information content (AvgIpc) is 3.51. The van der Waals surface area contributed by atoms with Crippen LogP contribution in [-0.4, -0.2) is 70.7 Å². The van der Waals surface area contributed by atoms with Crippen molar-refractivity contribution in [2.75, 3.05) is 29.9 Å². The molecule has 1 spiro atoms. The molecule has 0 saturated carbocycles. The zero-order chi connectivity index (χ0) is 30.2. The van der Waals surface area contributed by atoms with Crippen molar-refractivity contribution in [2.45, 2.75) is 77.3 Å². The van der Waals surface area contributed by atoms with Crippen molar-refractivity contribution in [3.63, 3.8) is 0 Å². The first-order chi connectivity index (χ1) is 20.1. The molecule has 3 heterocycles. The summed E-state index contributed by atoms with van der Waals surface area (Å²) in [4.78, 5) is 46.1. The van der Waals surface area contributed by atoms with E-state index in [9.17, 15) is 19.5 Å². The minimum Gasteiger partial charge on any atom is -0.394 e. The fourth-order valence-corrected chi connectivity index (χ4v) is 7.63. The summed E-state index contributed by atoms with van der Waals surface area (Å²) in [6, 6.07) is 15.7. The Morgan fingerprint density at radius 1 is 1.07 bits per heavy atom. The summed E-state index contributed by atoms with van der Waals surface area (Å²) in [5.74, 6) is -2.57. The number of carbonyl (C=O) groups is 3. The van der Waals surface area contributed by atoms with E-state index >= 15 is 0 Å². The van der Waals surface area contributed by atoms with Crippen LogP contribution >= 0.6 is 0 Å². The van der Waals surface area contributed by atoms with Crippen LogP contribution < -0.4 is 15.5 Å². The molecule has 0 radical (unpaired) electrons. The first kappa shape index (κ1) is 30.0. The Morgan fingerprint density at radius 3 is 2.33 bits per heavy atom. The van der Waals surface area contributed by atoms with Crippen molar-refractivity contribution >= 4 is 29.1 Å². The van der Waals surface area contributed by atoms with Crippen molar-refractivity contribution < 1.29 is 24.2 Å². The highest BCUT2D eigenvalue weighted by molar-refractivity contribution is 6.04. The predicted molar refractivity (Wildman–Crippen MR) is 162 cm³/mol. The Morgan fingerprint density at radius 2 is 1.74 bits per heavy atom. The maximum atomic E-state index is 14.3. The molecule has 3 aliphatic rings. The quantitative estimate of drug-likeness (QED) is 0.377. The monoisotopic (exact) mass is 576 g/mol. The van der Waals surface area contributed by atoms with Gasteiger partial charge in [0.25, 0.3) is 0 Å². The highest BCUT2D eigenvalue weighted by Gasteiger charge is 2.80. The first-order valence-corrected chi connectivity index (χ1v) is 15.3. The van der Waals surface area contributed by atoms with E-state index in [-0.39, 0.29) is 30.2 Å². The Balaban J connectivity index is 1.47. The van der Waals surface area contributed by atoms with Crippen LogP contribution in [-0.2, 0) is 25.7 Å². The average molecular weight is 577 g/mol. The van der Waals surface area contributed by atoms with E-state index in [1.807, 2.05) is 75.4 Å². The lowest BCUT2D eigenvalue weighted by Gasteiger charge is -2.36. The van der Waals surface area contributed by atoms with E-state index in [1.54, 1.807) is 0 Å². The van der Waals surface area contributed by atoms with Gasteiger partial charge in [-0.1, -0.05) is 44.2 Å². The Labute approximate surface area is 248 Å². The van der Waals surface area contributed by atoms with Gasteiger partial charge in [-0.2, -0.15) is 0 Å². The van der Waals surface area contributed by atoms with Gasteiger partial charge in [0.05, 0.1) is 30.1 Å². The third kappa shape index (κ3) is 4.76. The molecule has 2 bridgehead atoms. The summed E-state index contributed by atoms with van der Waals surface area (Å²) in [7, 11) is 0. The molecule has 3 unspecified atom stereocenters. The van der Waals surface area contributed by atoms with Crippen LogP contribution in [0, 0.1) is 17.8 Å². The largest absolute Gasteiger partial charge is 0.394 e. The van der Waals surface area contributed by atoms with Gasteiger partial charge in [-0.3, -0.25) is 14.4 Å². The van der Waals surface area contributed by atoms with Crippen LogP contribution in [0.3, 0.4) is 0 Å². The normalized spacial score (nSPS) is 30.2. The van der Waals surface area contributed by atoms with Crippen molar-refractivity contribution in [2.24, 2.45) is 17.8 Å². The van der Waals surface area contributed by atoms with Gasteiger partial charge in [-0.15, -0.1) is 0 Å². The van der Waals surface area contributed by atoms with Gasteiger partial charge in [0, 0.05) is 31.0 Å². The van der Waals surface area contributed by atoms with Crippen LogP contribution in [0.5, 0.6) is 0 Å². The fourth-order valence-electron chi connectivity index (χ4n) is 7.63. The Kier molecular flexibility index (Phi) is 8.36. The molecule has 9 nitrogen and oxygen atoms in total. The molecular weight excluding hydrogens is 532 g/mol. The summed E-state index contributed by atoms with van der Waals surface area (Å²) < 4.78 is 6.79. The molecule has 5 rings (SSSR count). The molecule has 2 aromatic carbocycles. The van der Waals surface area contributed by atoms with Gasteiger partial charge >= 0.3 is 0 Å². The molecule has 3 aliphatic heterocycles. The molecule has 0 aliphatic carbocycles. The summed E-state index contributed by atoms with van der Waals surface area (Å²) in [5.41, 5.74) is 0.554. The van der Waals surface area contributed by atoms with Gasteiger partial charge in [0.15, 0.2) is 0 Å². The van der Waals surface area contributed by atoms with Crippen molar-refractivity contribution in [1.82, 2.24) is 10.2 Å². The molecule has 3 N–H and O–H groups in total. The third-order valence-corrected chi connectivity index (χ3v) is 9.93. The summed E-state index contributed by atoms with van der Waals surface area (Å²) in [6.07, 6.45) is 0.935. The second-order valence-corrected chi connectivity index (χ2v) is 12.1. The summed E-state index contributed by atoms with van der Waals surface area (Å²) in [6.45, 7) is 11.8. The van der Waals surface area contributed by atoms with Crippen molar-refractivity contribution in [3.05, 3.63) is 60.2 Å². The van der Waals surface area contributed by atoms with Crippen LogP contribution in [0.25, 0.3) is 0 Å². The number of anilines is 2. The zero-order valence-electron chi connectivity index (χ0n) is 25.3. The van der Waals surface area contributed by atoms with Gasteiger partial charge in [-0.05, 0) is 69.4 Å². The molecule has 3 amide bonds. The Bertz CT molecular complexity index is 1300. The van der Waals surface area contributed by atoms with E-state index in [1.165, 1.54) is 4.90 Å². The maximum Gasteiger partial charge on any atom is 0.250 e. The summed E-state index contributed by atoms with van der Waals surface area (Å²) >= 11 is 0. The number of hydrogen-bond donors (Lipinski definition) is 3. The lowest BCUT2D eigenvalue weighted by Crippen LogP contribution is -2.56. The molecule has 3 fully saturated rings. The molecule has 7 atom stereocenters. The number of carbonyl (C=O) groups excluding carboxylic acids is 3. The van der Waals surface area contributed by atoms with Crippen molar-refractivity contribution in [1.29, 1.82) is 0 Å². The molecular formula is C33H44N4O5. The van der Waals surface area contributed by atoms with Gasteiger partial charge in [-0.25, -0.2) is 0 Å². The van der Waals surface area contributed by atoms with E-state index in [2.05, 4.69) is 29.4 Å². The number of nitrogens with one attached hydrogen (secondary N) is 2. The topological polar surface area (TPSA) is 111 Å². The number of aliphatic hydroxyl groups is 1. The maximum absolute atomic E-state index is 14.3. The molecule has 2 aromatic rings. The molecule has 0 aromatic heterocycles. The van der Waals surface area contributed by atoms with Gasteiger partial charge in [0.2, 0.25) is 17.7 Å². The minimum absolute atomic E-state index is 0.0631. The first-order valence-electron chi connectivity index (χ1n) is 15.3. The third-order valence-electron chi connectivity index (χ3n) is 9.93. The highest BCUT2D eigenvalue weighted by atomic mass is 16.5. The van der Waals surface area contributed by atoms with Crippen LogP contribution in [0.2, 0.25) is 0 Å². The van der Waals surface area contributed by atoms with E-state index in [0.717, 1.165) is 24.3 Å². The van der Waals surface area contributed by atoms with E-state index in [0.29, 0.717) is 25.1 Å². The number of ether oxygens (including phenoxy) is 1. The number of amides is 3. The van der Waals surface area contributed by atoms with E-state index in [4.69, 9.17) is 4.74 Å². The fraction of sp³-hybridized carbons (Fsp3) is 0.545. The number of likely N-dealkylation sites (tertiary alicyclic amines) is 1. The number of fused-ring (bicyclic) bond motifs is 1. The lowest BCUT2D eigenvalue weighted by molar-refractivity contribution is -0.149. The summed E-state index contributed by atoms with van der Waals surface area (Å²) in [5, 5.41) is 16.4. The number of hydrogen-bond acceptors (Lipinski definition) is 6. The standard InChI is InChI=1S/C33H44N4O5/c1-6-24(20-38)37-28(30(40)35-23-14-16-25(17-15-23)36(7-2)8-3)33-18-21(4)32(5,42-33)26(27(33)31(37)41)29(39)34-19-22-12-10-9-11-13-22/h9-17,21,24,26-28,38H,6-8,18-20H2,1-5H3,(H,34,39)(H,35,40)/t21?,24-,26-,27-,28?,32+,33?/m0/s1. The number of rotatable bonds is 11. The molecule has 9 heteroatoms. The number of benzene rings is 2. The van der Waals surface area contributed by atoms with Gasteiger partial charge < -0.3 is 30.3 Å². The lowest BCUT2D eigenvalue weighted by atomic mass is 9.62. The Hall–Kier alpha value is -3.43. The number of aliphatic hydroxyl groups excluding tert-OH is 1. The van der Waals surface area contributed by atoms with Crippen LogP contribution in [0.4, 0.5) is 11.4 Å². The number of nitrogens with zero attached hydrogens (tertiary/aromatic N) is 2. The molecule has 3 saturated heterocycles. The second kappa shape index (κ2) is 11.7. The second-order valence-electron chi connectivity index (χ2n) is 12.1. The molecule has 226 valence electrons.